The van der Waals surface area contributed by atoms with Crippen molar-refractivity contribution < 1.29 is 17.6 Å². The molecule has 2 heterocycles. The van der Waals surface area contributed by atoms with Crippen LogP contribution in [-0.4, -0.2) is 59.5 Å². The second-order valence-corrected chi connectivity index (χ2v) is 10.2. The normalized spacial score (nSPS) is 16.7. The Kier molecular flexibility index (Phi) is 5.82. The van der Waals surface area contributed by atoms with Gasteiger partial charge in [0.2, 0.25) is 10.0 Å². The van der Waals surface area contributed by atoms with Crippen LogP contribution in [0.5, 0.6) is 0 Å². The van der Waals surface area contributed by atoms with E-state index in [1.165, 1.54) is 16.4 Å². The highest BCUT2D eigenvalue weighted by molar-refractivity contribution is 7.89. The maximum Gasteiger partial charge on any atom is 0.257 e. The van der Waals surface area contributed by atoms with E-state index in [1.807, 2.05) is 32.4 Å². The molecule has 1 amide bonds. The number of amides is 1. The van der Waals surface area contributed by atoms with Gasteiger partial charge in [-0.25, -0.2) is 12.8 Å². The molecule has 1 aromatic heterocycles. The van der Waals surface area contributed by atoms with E-state index in [0.717, 1.165) is 17.8 Å². The van der Waals surface area contributed by atoms with Gasteiger partial charge in [0.15, 0.2) is 0 Å². The SMILES string of the molecule is Cc1c(C(=O)N2CCCN(S(=O)(=O)c3ccc(F)cc3)CC2)cnn1C(C)(C)C. The minimum Gasteiger partial charge on any atom is -0.337 e. The predicted octanol–water partition coefficient (Wildman–Crippen LogP) is 2.62. The van der Waals surface area contributed by atoms with E-state index < -0.39 is 15.8 Å². The predicted molar refractivity (Wildman–Crippen MR) is 108 cm³/mol. The zero-order chi connectivity index (χ0) is 21.4. The Balaban J connectivity index is 1.75. The van der Waals surface area contributed by atoms with Crippen molar-refractivity contribution >= 4 is 15.9 Å². The summed E-state index contributed by atoms with van der Waals surface area (Å²) in [4.78, 5) is 14.8. The third-order valence-corrected chi connectivity index (χ3v) is 6.98. The molecule has 29 heavy (non-hydrogen) atoms. The molecular formula is C20H27FN4O3S. The van der Waals surface area contributed by atoms with Crippen LogP contribution in [0.2, 0.25) is 0 Å². The van der Waals surface area contributed by atoms with E-state index in [4.69, 9.17) is 0 Å². The number of rotatable bonds is 3. The van der Waals surface area contributed by atoms with Crippen molar-refractivity contribution in [2.24, 2.45) is 0 Å². The lowest BCUT2D eigenvalue weighted by atomic mass is 10.1. The monoisotopic (exact) mass is 422 g/mol. The van der Waals surface area contributed by atoms with Gasteiger partial charge in [0, 0.05) is 31.9 Å². The molecule has 0 aliphatic carbocycles. The summed E-state index contributed by atoms with van der Waals surface area (Å²) >= 11 is 0. The second-order valence-electron chi connectivity index (χ2n) is 8.23. The average molecular weight is 423 g/mol. The van der Waals surface area contributed by atoms with Crippen molar-refractivity contribution in [2.75, 3.05) is 26.2 Å². The highest BCUT2D eigenvalue weighted by Gasteiger charge is 2.30. The minimum absolute atomic E-state index is 0.0565. The Morgan fingerprint density at radius 1 is 1.07 bits per heavy atom. The number of halogens is 1. The molecule has 1 aromatic carbocycles. The van der Waals surface area contributed by atoms with Crippen LogP contribution in [0, 0.1) is 12.7 Å². The van der Waals surface area contributed by atoms with Crippen LogP contribution in [-0.2, 0) is 15.6 Å². The molecule has 158 valence electrons. The fraction of sp³-hybridized carbons (Fsp3) is 0.500. The highest BCUT2D eigenvalue weighted by atomic mass is 32.2. The van der Waals surface area contributed by atoms with Crippen molar-refractivity contribution in [1.82, 2.24) is 19.0 Å². The van der Waals surface area contributed by atoms with Gasteiger partial charge in [-0.15, -0.1) is 0 Å². The van der Waals surface area contributed by atoms with E-state index in [1.54, 1.807) is 11.1 Å². The van der Waals surface area contributed by atoms with Crippen LogP contribution in [0.3, 0.4) is 0 Å². The van der Waals surface area contributed by atoms with Gasteiger partial charge in [-0.05, 0) is 58.4 Å². The van der Waals surface area contributed by atoms with E-state index in [9.17, 15) is 17.6 Å². The molecule has 2 aromatic rings. The van der Waals surface area contributed by atoms with E-state index >= 15 is 0 Å². The zero-order valence-corrected chi connectivity index (χ0v) is 18.0. The number of sulfonamides is 1. The van der Waals surface area contributed by atoms with Crippen LogP contribution in [0.25, 0.3) is 0 Å². The maximum atomic E-state index is 13.1. The van der Waals surface area contributed by atoms with Gasteiger partial charge in [0.05, 0.1) is 22.2 Å². The van der Waals surface area contributed by atoms with Gasteiger partial charge in [0.25, 0.3) is 5.91 Å². The second kappa shape index (κ2) is 7.87. The number of nitrogens with zero attached hydrogens (tertiary/aromatic N) is 4. The molecule has 0 spiro atoms. The van der Waals surface area contributed by atoms with Gasteiger partial charge in [-0.1, -0.05) is 0 Å². The number of hydrogen-bond acceptors (Lipinski definition) is 4. The Morgan fingerprint density at radius 2 is 1.72 bits per heavy atom. The van der Waals surface area contributed by atoms with Crippen molar-refractivity contribution in [3.05, 3.63) is 47.5 Å². The molecule has 1 aliphatic rings. The molecule has 1 aliphatic heterocycles. The number of carbonyl (C=O) groups excluding carboxylic acids is 1. The largest absolute Gasteiger partial charge is 0.337 e. The van der Waals surface area contributed by atoms with Gasteiger partial charge in [0.1, 0.15) is 5.82 Å². The summed E-state index contributed by atoms with van der Waals surface area (Å²) in [6, 6.07) is 4.80. The van der Waals surface area contributed by atoms with E-state index in [-0.39, 0.29) is 22.9 Å². The third-order valence-electron chi connectivity index (χ3n) is 5.07. The summed E-state index contributed by atoms with van der Waals surface area (Å²) < 4.78 is 42.0. The number of carbonyl (C=O) groups is 1. The Morgan fingerprint density at radius 3 is 2.31 bits per heavy atom. The van der Waals surface area contributed by atoms with Crippen LogP contribution < -0.4 is 0 Å². The summed E-state index contributed by atoms with van der Waals surface area (Å²) in [5.74, 6) is -0.623. The van der Waals surface area contributed by atoms with Crippen LogP contribution in [0.4, 0.5) is 4.39 Å². The molecule has 0 bridgehead atoms. The van der Waals surface area contributed by atoms with E-state index in [2.05, 4.69) is 5.10 Å². The Bertz CT molecular complexity index is 994. The van der Waals surface area contributed by atoms with Gasteiger partial charge in [-0.2, -0.15) is 9.40 Å². The maximum absolute atomic E-state index is 13.1. The summed E-state index contributed by atoms with van der Waals surface area (Å²) in [7, 11) is -3.73. The van der Waals surface area contributed by atoms with Crippen LogP contribution in [0.1, 0.15) is 43.2 Å². The minimum atomic E-state index is -3.73. The lowest BCUT2D eigenvalue weighted by Gasteiger charge is -2.23. The first kappa shape index (κ1) is 21.4. The fourth-order valence-electron chi connectivity index (χ4n) is 3.56. The molecule has 9 heteroatoms. The van der Waals surface area contributed by atoms with Crippen LogP contribution in [0.15, 0.2) is 35.4 Å². The lowest BCUT2D eigenvalue weighted by molar-refractivity contribution is 0.0763. The first-order chi connectivity index (χ1) is 13.5. The molecule has 0 radical (unpaired) electrons. The summed E-state index contributed by atoms with van der Waals surface area (Å²) in [6.07, 6.45) is 2.11. The highest BCUT2D eigenvalue weighted by Crippen LogP contribution is 2.22. The molecule has 0 atom stereocenters. The first-order valence-electron chi connectivity index (χ1n) is 9.62. The Labute approximate surface area is 171 Å². The van der Waals surface area contributed by atoms with Crippen LogP contribution >= 0.6 is 0 Å². The van der Waals surface area contributed by atoms with E-state index in [0.29, 0.717) is 31.6 Å². The number of benzene rings is 1. The topological polar surface area (TPSA) is 75.5 Å². The molecule has 3 rings (SSSR count). The smallest absolute Gasteiger partial charge is 0.257 e. The lowest BCUT2D eigenvalue weighted by Crippen LogP contribution is -2.37. The molecule has 7 nitrogen and oxygen atoms in total. The fourth-order valence-corrected chi connectivity index (χ4v) is 5.03. The molecule has 1 saturated heterocycles. The number of hydrogen-bond donors (Lipinski definition) is 0. The Hall–Kier alpha value is -2.26. The summed E-state index contributed by atoms with van der Waals surface area (Å²) in [5, 5.41) is 4.36. The average Bonchev–Trinajstić information content (AvgIpc) is 2.88. The van der Waals surface area contributed by atoms with Crippen molar-refractivity contribution in [2.45, 2.75) is 44.6 Å². The van der Waals surface area contributed by atoms with Crippen molar-refractivity contribution in [3.8, 4) is 0 Å². The zero-order valence-electron chi connectivity index (χ0n) is 17.2. The van der Waals surface area contributed by atoms with Gasteiger partial charge >= 0.3 is 0 Å². The summed E-state index contributed by atoms with van der Waals surface area (Å²) in [6.45, 7) is 9.19. The molecule has 1 fully saturated rings. The third kappa shape index (κ3) is 4.35. The summed E-state index contributed by atoms with van der Waals surface area (Å²) in [5.41, 5.74) is 1.10. The molecule has 0 unspecified atom stereocenters. The molecular weight excluding hydrogens is 395 g/mol. The van der Waals surface area contributed by atoms with Gasteiger partial charge < -0.3 is 4.90 Å². The van der Waals surface area contributed by atoms with Crippen molar-refractivity contribution in [3.63, 3.8) is 0 Å². The quantitative estimate of drug-likeness (QED) is 0.762. The van der Waals surface area contributed by atoms with Gasteiger partial charge in [-0.3, -0.25) is 9.48 Å². The number of aromatic nitrogens is 2. The first-order valence-corrected chi connectivity index (χ1v) is 11.1. The van der Waals surface area contributed by atoms with Crippen molar-refractivity contribution in [1.29, 1.82) is 0 Å². The standard InChI is InChI=1S/C20H27FN4O3S/c1-15-18(14-22-25(15)20(2,3)4)19(26)23-10-5-11-24(13-12-23)29(27,28)17-8-6-16(21)7-9-17/h6-9,14H,5,10-13H2,1-4H3. The molecule has 0 saturated carbocycles. The molecule has 0 N–H and O–H groups in total.